The van der Waals surface area contributed by atoms with Crippen molar-refractivity contribution in [3.05, 3.63) is 59.2 Å². The van der Waals surface area contributed by atoms with Gasteiger partial charge in [0.2, 0.25) is 0 Å². The molecule has 0 bridgehead atoms. The highest BCUT2D eigenvalue weighted by atomic mass is 15.3. The van der Waals surface area contributed by atoms with Gasteiger partial charge in [0.25, 0.3) is 0 Å². The molecule has 4 rings (SSSR count). The van der Waals surface area contributed by atoms with Gasteiger partial charge < -0.3 is 9.80 Å². The first-order chi connectivity index (χ1) is 13.5. The molecule has 0 N–H and O–H groups in total. The average molecular weight is 377 g/mol. The van der Waals surface area contributed by atoms with Crippen LogP contribution in [0.15, 0.2) is 36.7 Å². The van der Waals surface area contributed by atoms with Crippen molar-refractivity contribution in [2.24, 2.45) is 0 Å². The Balaban J connectivity index is 1.59. The van der Waals surface area contributed by atoms with E-state index in [0.29, 0.717) is 0 Å². The minimum Gasteiger partial charge on any atom is -0.356 e. The van der Waals surface area contributed by atoms with Gasteiger partial charge in [-0.2, -0.15) is 5.10 Å². The lowest BCUT2D eigenvalue weighted by atomic mass is 10.1. The van der Waals surface area contributed by atoms with Crippen LogP contribution in [-0.4, -0.2) is 39.9 Å². The van der Waals surface area contributed by atoms with E-state index < -0.39 is 0 Å². The zero-order valence-corrected chi connectivity index (χ0v) is 17.2. The van der Waals surface area contributed by atoms with Crippen LogP contribution in [-0.2, 0) is 6.54 Å². The number of para-hydroxylation sites is 1. The highest BCUT2D eigenvalue weighted by Gasteiger charge is 2.18. The second-order valence-electron chi connectivity index (χ2n) is 7.63. The van der Waals surface area contributed by atoms with Gasteiger partial charge in [0, 0.05) is 44.0 Å². The van der Waals surface area contributed by atoms with Gasteiger partial charge in [-0.25, -0.2) is 14.6 Å². The summed E-state index contributed by atoms with van der Waals surface area (Å²) in [4.78, 5) is 13.5. The minimum absolute atomic E-state index is 0.764. The Morgan fingerprint density at radius 2 is 1.79 bits per heavy atom. The Bertz CT molecular complexity index is 971. The molecular formula is C22H28N6. The summed E-state index contributed by atoms with van der Waals surface area (Å²) >= 11 is 0. The Labute approximate surface area is 166 Å². The molecule has 0 amide bonds. The van der Waals surface area contributed by atoms with Crippen molar-refractivity contribution in [3.63, 3.8) is 0 Å². The molecule has 28 heavy (non-hydrogen) atoms. The highest BCUT2D eigenvalue weighted by molar-refractivity contribution is 5.51. The Hall–Kier alpha value is -2.89. The molecule has 3 aromatic rings. The fourth-order valence-electron chi connectivity index (χ4n) is 3.92. The number of aryl methyl sites for hydroxylation is 2. The normalized spacial score (nSPS) is 13.9. The molecule has 0 saturated carbocycles. The number of benzene rings is 1. The lowest BCUT2D eigenvalue weighted by Gasteiger charge is -2.21. The molecular weight excluding hydrogens is 348 g/mol. The number of hydrogen-bond acceptors (Lipinski definition) is 5. The van der Waals surface area contributed by atoms with Gasteiger partial charge in [0.05, 0.1) is 11.4 Å². The first kappa shape index (κ1) is 18.5. The van der Waals surface area contributed by atoms with Gasteiger partial charge in [0.1, 0.15) is 18.0 Å². The summed E-state index contributed by atoms with van der Waals surface area (Å²) in [6, 6.07) is 10.5. The van der Waals surface area contributed by atoms with Crippen molar-refractivity contribution >= 4 is 11.6 Å². The van der Waals surface area contributed by atoms with E-state index >= 15 is 0 Å². The van der Waals surface area contributed by atoms with E-state index in [0.717, 1.165) is 42.7 Å². The van der Waals surface area contributed by atoms with Crippen LogP contribution in [0.25, 0.3) is 5.69 Å². The van der Waals surface area contributed by atoms with Crippen LogP contribution >= 0.6 is 0 Å². The maximum atomic E-state index is 4.82. The average Bonchev–Trinajstić information content (AvgIpc) is 3.33. The summed E-state index contributed by atoms with van der Waals surface area (Å²) in [5.41, 5.74) is 5.83. The molecule has 0 spiro atoms. The van der Waals surface area contributed by atoms with Gasteiger partial charge in [-0.15, -0.1) is 0 Å². The Morgan fingerprint density at radius 1 is 1.04 bits per heavy atom. The Morgan fingerprint density at radius 3 is 2.54 bits per heavy atom. The van der Waals surface area contributed by atoms with E-state index in [1.165, 1.54) is 29.7 Å². The van der Waals surface area contributed by atoms with Crippen LogP contribution in [0.3, 0.4) is 0 Å². The zero-order chi connectivity index (χ0) is 19.7. The molecule has 0 aliphatic carbocycles. The monoisotopic (exact) mass is 376 g/mol. The molecule has 1 aliphatic rings. The first-order valence-corrected chi connectivity index (χ1v) is 9.94. The lowest BCUT2D eigenvalue weighted by molar-refractivity contribution is 0.824. The van der Waals surface area contributed by atoms with Crippen LogP contribution in [0.2, 0.25) is 0 Å². The maximum absolute atomic E-state index is 4.82. The van der Waals surface area contributed by atoms with Crippen molar-refractivity contribution < 1.29 is 0 Å². The SMILES string of the molecule is Cc1ccccc1-n1nc(C)c(CN(C)c2cc(N3CCCC3)ncn2)c1C. The van der Waals surface area contributed by atoms with Crippen molar-refractivity contribution in [2.75, 3.05) is 29.9 Å². The third-order valence-electron chi connectivity index (χ3n) is 5.64. The van der Waals surface area contributed by atoms with E-state index in [1.807, 2.05) is 0 Å². The largest absolute Gasteiger partial charge is 0.356 e. The third-order valence-corrected chi connectivity index (χ3v) is 5.64. The summed E-state index contributed by atoms with van der Waals surface area (Å²) in [7, 11) is 2.08. The lowest BCUT2D eigenvalue weighted by Crippen LogP contribution is -2.22. The number of hydrogen-bond donors (Lipinski definition) is 0. The molecule has 1 aliphatic heterocycles. The standard InChI is InChI=1S/C22H28N6/c1-16-9-5-6-10-20(16)28-18(3)19(17(2)25-28)14-26(4)21-13-22(24-15-23-21)27-11-7-8-12-27/h5-6,9-10,13,15H,7-8,11-12,14H2,1-4H3. The summed E-state index contributed by atoms with van der Waals surface area (Å²) < 4.78 is 2.06. The van der Waals surface area contributed by atoms with Crippen molar-refractivity contribution in [1.82, 2.24) is 19.7 Å². The molecule has 0 radical (unpaired) electrons. The first-order valence-electron chi connectivity index (χ1n) is 9.94. The summed E-state index contributed by atoms with van der Waals surface area (Å²) in [5, 5.41) is 4.82. The molecule has 6 heteroatoms. The van der Waals surface area contributed by atoms with Gasteiger partial charge in [-0.05, 0) is 45.2 Å². The fourth-order valence-corrected chi connectivity index (χ4v) is 3.92. The number of rotatable bonds is 5. The molecule has 1 fully saturated rings. The molecule has 3 heterocycles. The topological polar surface area (TPSA) is 50.1 Å². The van der Waals surface area contributed by atoms with Crippen LogP contribution < -0.4 is 9.80 Å². The smallest absolute Gasteiger partial charge is 0.134 e. The van der Waals surface area contributed by atoms with Gasteiger partial charge in [-0.1, -0.05) is 18.2 Å². The zero-order valence-electron chi connectivity index (χ0n) is 17.2. The second kappa shape index (κ2) is 7.62. The predicted molar refractivity (Wildman–Crippen MR) is 113 cm³/mol. The summed E-state index contributed by atoms with van der Waals surface area (Å²) in [6.45, 7) is 9.29. The third kappa shape index (κ3) is 3.46. The van der Waals surface area contributed by atoms with Crippen molar-refractivity contribution in [3.8, 4) is 5.69 Å². The highest BCUT2D eigenvalue weighted by Crippen LogP contribution is 2.25. The molecule has 0 atom stereocenters. The molecule has 0 unspecified atom stereocenters. The minimum atomic E-state index is 0.764. The fraction of sp³-hybridized carbons (Fsp3) is 0.409. The Kier molecular flexibility index (Phi) is 5.03. The molecule has 6 nitrogen and oxygen atoms in total. The van der Waals surface area contributed by atoms with Crippen molar-refractivity contribution in [1.29, 1.82) is 0 Å². The van der Waals surface area contributed by atoms with Crippen molar-refractivity contribution in [2.45, 2.75) is 40.2 Å². The van der Waals surface area contributed by atoms with E-state index in [2.05, 4.69) is 82.6 Å². The predicted octanol–water partition coefficient (Wildman–Crippen LogP) is 3.82. The molecule has 146 valence electrons. The van der Waals surface area contributed by atoms with Crippen LogP contribution in [0.4, 0.5) is 11.6 Å². The van der Waals surface area contributed by atoms with Gasteiger partial charge >= 0.3 is 0 Å². The van der Waals surface area contributed by atoms with E-state index in [9.17, 15) is 0 Å². The van der Waals surface area contributed by atoms with Crippen LogP contribution in [0.5, 0.6) is 0 Å². The van der Waals surface area contributed by atoms with E-state index in [1.54, 1.807) is 6.33 Å². The maximum Gasteiger partial charge on any atom is 0.134 e. The quantitative estimate of drug-likeness (QED) is 0.677. The number of anilines is 2. The van der Waals surface area contributed by atoms with Crippen LogP contribution in [0.1, 0.15) is 35.4 Å². The molecule has 1 saturated heterocycles. The summed E-state index contributed by atoms with van der Waals surface area (Å²) in [5.74, 6) is 1.97. The number of aromatic nitrogens is 4. The number of nitrogens with zero attached hydrogens (tertiary/aromatic N) is 6. The molecule has 1 aromatic carbocycles. The molecule has 2 aromatic heterocycles. The van der Waals surface area contributed by atoms with Gasteiger partial charge in [-0.3, -0.25) is 0 Å². The summed E-state index contributed by atoms with van der Waals surface area (Å²) in [6.07, 6.45) is 4.16. The van der Waals surface area contributed by atoms with Gasteiger partial charge in [0.15, 0.2) is 0 Å². The second-order valence-corrected chi connectivity index (χ2v) is 7.63. The van der Waals surface area contributed by atoms with E-state index in [-0.39, 0.29) is 0 Å². The van der Waals surface area contributed by atoms with Crippen LogP contribution in [0, 0.1) is 20.8 Å². The van der Waals surface area contributed by atoms with E-state index in [4.69, 9.17) is 5.10 Å².